The summed E-state index contributed by atoms with van der Waals surface area (Å²) < 4.78 is 4.49. The molecule has 0 amide bonds. The molecule has 0 radical (unpaired) electrons. The Morgan fingerprint density at radius 3 is 2.79 bits per heavy atom. The Morgan fingerprint density at radius 1 is 1.32 bits per heavy atom. The minimum atomic E-state index is -1.01. The number of hydrogen-bond acceptors (Lipinski definition) is 4. The Balaban J connectivity index is 2.50. The lowest BCUT2D eigenvalue weighted by Crippen LogP contribution is -1.98. The summed E-state index contributed by atoms with van der Waals surface area (Å²) in [5.74, 6) is -1.48. The summed E-state index contributed by atoms with van der Waals surface area (Å²) in [5, 5.41) is 9.64. The molecular formula is C14H11NO4. The number of benzene rings is 1. The highest BCUT2D eigenvalue weighted by molar-refractivity contribution is 6.03. The summed E-state index contributed by atoms with van der Waals surface area (Å²) in [6.07, 6.45) is 4.29. The topological polar surface area (TPSA) is 76.5 Å². The molecule has 5 nitrogen and oxygen atoms in total. The van der Waals surface area contributed by atoms with Gasteiger partial charge in [0.25, 0.3) is 0 Å². The highest BCUT2D eigenvalue weighted by atomic mass is 16.5. The van der Waals surface area contributed by atoms with Gasteiger partial charge < -0.3 is 9.84 Å². The lowest BCUT2D eigenvalue weighted by molar-refractivity contribution is -0.134. The highest BCUT2D eigenvalue weighted by Crippen LogP contribution is 2.19. The lowest BCUT2D eigenvalue weighted by atomic mass is 10.1. The van der Waals surface area contributed by atoms with Crippen LogP contribution in [0.5, 0.6) is 0 Å². The molecule has 0 aliphatic heterocycles. The van der Waals surface area contributed by atoms with Gasteiger partial charge in [0, 0.05) is 17.7 Å². The molecule has 19 heavy (non-hydrogen) atoms. The fourth-order valence-electron chi connectivity index (χ4n) is 1.69. The number of esters is 1. The van der Waals surface area contributed by atoms with E-state index < -0.39 is 11.9 Å². The molecule has 0 saturated heterocycles. The minimum Gasteiger partial charge on any atom is -0.478 e. The Labute approximate surface area is 109 Å². The second-order valence-corrected chi connectivity index (χ2v) is 3.80. The maximum Gasteiger partial charge on any atom is 0.336 e. The third-order valence-electron chi connectivity index (χ3n) is 2.61. The van der Waals surface area contributed by atoms with Gasteiger partial charge >= 0.3 is 11.9 Å². The van der Waals surface area contributed by atoms with Gasteiger partial charge in [-0.15, -0.1) is 0 Å². The molecule has 0 saturated carbocycles. The van der Waals surface area contributed by atoms with E-state index in [-0.39, 0.29) is 5.56 Å². The molecule has 0 aliphatic rings. The molecular weight excluding hydrogens is 246 g/mol. The fourth-order valence-corrected chi connectivity index (χ4v) is 1.69. The standard InChI is InChI=1S/C14H11NO4/c1-19-13(16)5-3-9-2-4-12-11(8-9)10(14(17)18)6-7-15-12/h2-8H,1H3,(H,17,18)/b5-3+. The highest BCUT2D eigenvalue weighted by Gasteiger charge is 2.08. The number of fused-ring (bicyclic) bond motifs is 1. The first-order valence-electron chi connectivity index (χ1n) is 5.50. The molecule has 5 heteroatoms. The van der Waals surface area contributed by atoms with Crippen LogP contribution in [0.15, 0.2) is 36.5 Å². The number of ether oxygens (including phenoxy) is 1. The first kappa shape index (κ1) is 12.8. The first-order chi connectivity index (χ1) is 9.11. The number of rotatable bonds is 3. The zero-order chi connectivity index (χ0) is 13.8. The van der Waals surface area contributed by atoms with Gasteiger partial charge in [0.05, 0.1) is 18.2 Å². The molecule has 0 atom stereocenters. The second kappa shape index (κ2) is 5.30. The van der Waals surface area contributed by atoms with Crippen LogP contribution in [-0.4, -0.2) is 29.1 Å². The molecule has 1 N–H and O–H groups in total. The second-order valence-electron chi connectivity index (χ2n) is 3.80. The van der Waals surface area contributed by atoms with Crippen molar-refractivity contribution in [1.29, 1.82) is 0 Å². The van der Waals surface area contributed by atoms with E-state index in [1.807, 2.05) is 0 Å². The van der Waals surface area contributed by atoms with Crippen molar-refractivity contribution in [3.8, 4) is 0 Å². The largest absolute Gasteiger partial charge is 0.478 e. The molecule has 0 bridgehead atoms. The van der Waals surface area contributed by atoms with E-state index in [4.69, 9.17) is 5.11 Å². The third-order valence-corrected chi connectivity index (χ3v) is 2.61. The summed E-state index contributed by atoms with van der Waals surface area (Å²) in [6, 6.07) is 6.57. The van der Waals surface area contributed by atoms with Crippen molar-refractivity contribution < 1.29 is 19.4 Å². The van der Waals surface area contributed by atoms with E-state index in [2.05, 4.69) is 9.72 Å². The minimum absolute atomic E-state index is 0.179. The molecule has 1 aromatic heterocycles. The molecule has 96 valence electrons. The van der Waals surface area contributed by atoms with Crippen LogP contribution in [0.1, 0.15) is 15.9 Å². The van der Waals surface area contributed by atoms with E-state index in [1.165, 1.54) is 25.4 Å². The summed E-state index contributed by atoms with van der Waals surface area (Å²) >= 11 is 0. The van der Waals surface area contributed by atoms with Crippen LogP contribution in [0.2, 0.25) is 0 Å². The number of nitrogens with zero attached hydrogens (tertiary/aromatic N) is 1. The van der Waals surface area contributed by atoms with Gasteiger partial charge in [0.1, 0.15) is 0 Å². The average molecular weight is 257 g/mol. The molecule has 0 fully saturated rings. The molecule has 1 heterocycles. The van der Waals surface area contributed by atoms with E-state index in [1.54, 1.807) is 24.3 Å². The number of carboxylic acids is 1. The van der Waals surface area contributed by atoms with Crippen LogP contribution in [0.3, 0.4) is 0 Å². The first-order valence-corrected chi connectivity index (χ1v) is 5.50. The average Bonchev–Trinajstić information content (AvgIpc) is 2.43. The Hall–Kier alpha value is -2.69. The summed E-state index contributed by atoms with van der Waals surface area (Å²) in [4.78, 5) is 26.2. The Morgan fingerprint density at radius 2 is 2.11 bits per heavy atom. The number of aromatic nitrogens is 1. The smallest absolute Gasteiger partial charge is 0.336 e. The van der Waals surface area contributed by atoms with Gasteiger partial charge in [-0.05, 0) is 29.8 Å². The van der Waals surface area contributed by atoms with Crippen molar-refractivity contribution in [2.24, 2.45) is 0 Å². The quantitative estimate of drug-likeness (QED) is 0.673. The molecule has 0 unspecified atom stereocenters. The summed E-state index contributed by atoms with van der Waals surface area (Å²) in [6.45, 7) is 0. The molecule has 0 aliphatic carbocycles. The van der Waals surface area contributed by atoms with Gasteiger partial charge in [0.15, 0.2) is 0 Å². The predicted octanol–water partition coefficient (Wildman–Crippen LogP) is 2.12. The van der Waals surface area contributed by atoms with Gasteiger partial charge in [0.2, 0.25) is 0 Å². The van der Waals surface area contributed by atoms with E-state index in [0.717, 1.165) is 0 Å². The zero-order valence-electron chi connectivity index (χ0n) is 10.2. The Bertz CT molecular complexity index is 676. The van der Waals surface area contributed by atoms with E-state index >= 15 is 0 Å². The predicted molar refractivity (Wildman–Crippen MR) is 69.8 cm³/mol. The van der Waals surface area contributed by atoms with Crippen LogP contribution in [0.25, 0.3) is 17.0 Å². The zero-order valence-corrected chi connectivity index (χ0v) is 10.2. The van der Waals surface area contributed by atoms with Crippen molar-refractivity contribution in [2.45, 2.75) is 0 Å². The summed E-state index contributed by atoms with van der Waals surface area (Å²) in [5.41, 5.74) is 1.47. The maximum absolute atomic E-state index is 11.1. The van der Waals surface area contributed by atoms with Crippen LogP contribution in [0.4, 0.5) is 0 Å². The third kappa shape index (κ3) is 2.77. The summed E-state index contributed by atoms with van der Waals surface area (Å²) in [7, 11) is 1.29. The van der Waals surface area contributed by atoms with E-state index in [9.17, 15) is 9.59 Å². The van der Waals surface area contributed by atoms with Crippen LogP contribution in [-0.2, 0) is 9.53 Å². The number of carbonyl (C=O) groups excluding carboxylic acids is 1. The van der Waals surface area contributed by atoms with Crippen LogP contribution in [0, 0.1) is 0 Å². The number of carbonyl (C=O) groups is 2. The number of pyridine rings is 1. The van der Waals surface area contributed by atoms with Gasteiger partial charge in [-0.1, -0.05) is 6.07 Å². The number of methoxy groups -OCH3 is 1. The molecule has 2 rings (SSSR count). The number of hydrogen-bond donors (Lipinski definition) is 1. The molecule has 1 aromatic carbocycles. The fraction of sp³-hybridized carbons (Fsp3) is 0.0714. The Kier molecular flexibility index (Phi) is 3.56. The molecule has 0 spiro atoms. The van der Waals surface area contributed by atoms with E-state index in [0.29, 0.717) is 16.5 Å². The van der Waals surface area contributed by atoms with Crippen molar-refractivity contribution in [1.82, 2.24) is 4.98 Å². The number of carboxylic acid groups (broad SMARTS) is 1. The molecule has 2 aromatic rings. The van der Waals surface area contributed by atoms with Crippen molar-refractivity contribution in [3.63, 3.8) is 0 Å². The maximum atomic E-state index is 11.1. The van der Waals surface area contributed by atoms with Crippen molar-refractivity contribution in [3.05, 3.63) is 47.7 Å². The monoisotopic (exact) mass is 257 g/mol. The van der Waals surface area contributed by atoms with Crippen molar-refractivity contribution in [2.75, 3.05) is 7.11 Å². The normalized spacial score (nSPS) is 10.8. The SMILES string of the molecule is COC(=O)/C=C/c1ccc2nccc(C(=O)O)c2c1. The van der Waals surface area contributed by atoms with Gasteiger partial charge in [-0.3, -0.25) is 4.98 Å². The van der Waals surface area contributed by atoms with Crippen molar-refractivity contribution >= 4 is 28.9 Å². The lowest BCUT2D eigenvalue weighted by Gasteiger charge is -2.02. The number of aromatic carboxylic acids is 1. The van der Waals surface area contributed by atoms with Gasteiger partial charge in [-0.2, -0.15) is 0 Å². The van der Waals surface area contributed by atoms with Crippen LogP contribution >= 0.6 is 0 Å². The van der Waals surface area contributed by atoms with Crippen LogP contribution < -0.4 is 0 Å². The van der Waals surface area contributed by atoms with Gasteiger partial charge in [-0.25, -0.2) is 9.59 Å².